The smallest absolute Gasteiger partial charge is 0.0620 e. The zero-order chi connectivity index (χ0) is 13.8. The number of fused-ring (bicyclic) bond motifs is 1. The number of rotatable bonds is 4. The minimum absolute atomic E-state index is 0.529. The van der Waals surface area contributed by atoms with Crippen LogP contribution in [0, 0.1) is 0 Å². The van der Waals surface area contributed by atoms with Crippen molar-refractivity contribution in [2.45, 2.75) is 31.7 Å². The molecular formula is C18H23NO. The van der Waals surface area contributed by atoms with Gasteiger partial charge in [-0.1, -0.05) is 49.4 Å². The van der Waals surface area contributed by atoms with Gasteiger partial charge in [0, 0.05) is 12.6 Å². The molecule has 0 bridgehead atoms. The predicted octanol–water partition coefficient (Wildman–Crippen LogP) is 3.71. The highest BCUT2D eigenvalue weighted by Crippen LogP contribution is 2.28. The van der Waals surface area contributed by atoms with Crippen LogP contribution in [0.1, 0.15) is 31.2 Å². The lowest BCUT2D eigenvalue weighted by Crippen LogP contribution is -2.41. The Labute approximate surface area is 121 Å². The molecule has 0 spiro atoms. The monoisotopic (exact) mass is 269 g/mol. The molecule has 2 atom stereocenters. The van der Waals surface area contributed by atoms with Gasteiger partial charge in [0.1, 0.15) is 0 Å². The molecule has 1 aliphatic rings. The van der Waals surface area contributed by atoms with Crippen LogP contribution >= 0.6 is 0 Å². The van der Waals surface area contributed by atoms with E-state index in [1.54, 1.807) is 0 Å². The van der Waals surface area contributed by atoms with Crippen molar-refractivity contribution in [3.8, 4) is 0 Å². The first-order valence-corrected chi connectivity index (χ1v) is 7.63. The maximum atomic E-state index is 5.53. The van der Waals surface area contributed by atoms with Crippen LogP contribution in [0.15, 0.2) is 42.5 Å². The van der Waals surface area contributed by atoms with Crippen molar-refractivity contribution in [3.63, 3.8) is 0 Å². The van der Waals surface area contributed by atoms with Gasteiger partial charge in [0.25, 0.3) is 0 Å². The molecule has 0 radical (unpaired) electrons. The Balaban J connectivity index is 1.70. The first kappa shape index (κ1) is 13.6. The third kappa shape index (κ3) is 3.02. The lowest BCUT2D eigenvalue weighted by Gasteiger charge is -2.25. The van der Waals surface area contributed by atoms with E-state index in [1.165, 1.54) is 29.2 Å². The number of hydrogen-bond donors (Lipinski definition) is 1. The summed E-state index contributed by atoms with van der Waals surface area (Å²) >= 11 is 0. The molecule has 1 unspecified atom stereocenters. The van der Waals surface area contributed by atoms with Gasteiger partial charge in [-0.2, -0.15) is 0 Å². The van der Waals surface area contributed by atoms with E-state index in [1.807, 2.05) is 0 Å². The van der Waals surface area contributed by atoms with Gasteiger partial charge in [-0.25, -0.2) is 0 Å². The molecule has 2 aromatic carbocycles. The van der Waals surface area contributed by atoms with E-state index in [0.29, 0.717) is 12.0 Å². The highest BCUT2D eigenvalue weighted by Gasteiger charge is 2.15. The molecule has 20 heavy (non-hydrogen) atoms. The van der Waals surface area contributed by atoms with Crippen LogP contribution in [0.25, 0.3) is 10.8 Å². The third-order valence-corrected chi connectivity index (χ3v) is 4.30. The fraction of sp³-hybridized carbons (Fsp3) is 0.444. The van der Waals surface area contributed by atoms with Gasteiger partial charge < -0.3 is 10.1 Å². The molecule has 0 aromatic heterocycles. The topological polar surface area (TPSA) is 21.3 Å². The summed E-state index contributed by atoms with van der Waals surface area (Å²) in [5.41, 5.74) is 1.47. The number of hydrogen-bond acceptors (Lipinski definition) is 2. The Morgan fingerprint density at radius 1 is 1.20 bits per heavy atom. The summed E-state index contributed by atoms with van der Waals surface area (Å²) in [6.07, 6.45) is 2.39. The maximum Gasteiger partial charge on any atom is 0.0620 e. The van der Waals surface area contributed by atoms with Crippen LogP contribution in [0.2, 0.25) is 0 Å². The van der Waals surface area contributed by atoms with Gasteiger partial charge in [0.05, 0.1) is 13.2 Å². The van der Waals surface area contributed by atoms with Crippen molar-refractivity contribution in [2.75, 3.05) is 19.8 Å². The zero-order valence-electron chi connectivity index (χ0n) is 12.1. The van der Waals surface area contributed by atoms with E-state index >= 15 is 0 Å². The normalized spacial score (nSPS) is 20.9. The molecular weight excluding hydrogens is 246 g/mol. The average molecular weight is 269 g/mol. The van der Waals surface area contributed by atoms with E-state index in [-0.39, 0.29) is 0 Å². The Morgan fingerprint density at radius 2 is 2.05 bits per heavy atom. The number of morpholine rings is 1. The molecule has 0 aliphatic carbocycles. The second kappa shape index (κ2) is 6.38. The molecule has 0 saturated carbocycles. The lowest BCUT2D eigenvalue weighted by atomic mass is 9.90. The summed E-state index contributed by atoms with van der Waals surface area (Å²) < 4.78 is 5.53. The molecule has 106 valence electrons. The molecule has 2 heteroatoms. The molecule has 0 amide bonds. The van der Waals surface area contributed by atoms with Gasteiger partial charge in [0.15, 0.2) is 0 Å². The average Bonchev–Trinajstić information content (AvgIpc) is 2.53. The largest absolute Gasteiger partial charge is 0.379 e. The van der Waals surface area contributed by atoms with Gasteiger partial charge in [-0.15, -0.1) is 0 Å². The minimum atomic E-state index is 0.529. The van der Waals surface area contributed by atoms with Crippen molar-refractivity contribution in [3.05, 3.63) is 48.0 Å². The van der Waals surface area contributed by atoms with Crippen molar-refractivity contribution in [1.29, 1.82) is 0 Å². The van der Waals surface area contributed by atoms with Crippen LogP contribution in [0.5, 0.6) is 0 Å². The van der Waals surface area contributed by atoms with Crippen molar-refractivity contribution < 1.29 is 4.74 Å². The maximum absolute atomic E-state index is 5.53. The third-order valence-electron chi connectivity index (χ3n) is 4.30. The second-order valence-corrected chi connectivity index (χ2v) is 5.77. The van der Waals surface area contributed by atoms with Gasteiger partial charge >= 0.3 is 0 Å². The summed E-state index contributed by atoms with van der Waals surface area (Å²) in [5.74, 6) is 0.588. The Hall–Kier alpha value is -1.38. The Morgan fingerprint density at radius 3 is 2.90 bits per heavy atom. The van der Waals surface area contributed by atoms with E-state index in [4.69, 9.17) is 4.74 Å². The standard InChI is InChI=1S/C18H23NO/c1-14(9-10-16-13-20-12-11-19-16)17-8-4-6-15-5-2-3-7-18(15)17/h2-8,14,16,19H,9-13H2,1H3/t14-,16?/m0/s1. The summed E-state index contributed by atoms with van der Waals surface area (Å²) in [4.78, 5) is 0. The van der Waals surface area contributed by atoms with E-state index in [2.05, 4.69) is 54.7 Å². The quantitative estimate of drug-likeness (QED) is 0.913. The fourth-order valence-electron chi connectivity index (χ4n) is 3.09. The van der Waals surface area contributed by atoms with E-state index < -0.39 is 0 Å². The number of nitrogens with one attached hydrogen (secondary N) is 1. The van der Waals surface area contributed by atoms with Crippen LogP contribution in [0.4, 0.5) is 0 Å². The Bertz CT molecular complexity index is 555. The molecule has 2 nitrogen and oxygen atoms in total. The zero-order valence-corrected chi connectivity index (χ0v) is 12.1. The SMILES string of the molecule is C[C@@H](CCC1COCCN1)c1cccc2ccccc12. The molecule has 2 aromatic rings. The van der Waals surface area contributed by atoms with Crippen molar-refractivity contribution >= 4 is 10.8 Å². The summed E-state index contributed by atoms with van der Waals surface area (Å²) in [5, 5.41) is 6.28. The van der Waals surface area contributed by atoms with Gasteiger partial charge in [0.2, 0.25) is 0 Å². The number of ether oxygens (including phenoxy) is 1. The summed E-state index contributed by atoms with van der Waals surface area (Å²) in [7, 11) is 0. The molecule has 1 saturated heterocycles. The van der Waals surface area contributed by atoms with E-state index in [0.717, 1.165) is 19.8 Å². The molecule has 1 fully saturated rings. The predicted molar refractivity (Wildman–Crippen MR) is 84.2 cm³/mol. The van der Waals surface area contributed by atoms with Crippen LogP contribution in [0.3, 0.4) is 0 Å². The van der Waals surface area contributed by atoms with Crippen molar-refractivity contribution in [2.24, 2.45) is 0 Å². The minimum Gasteiger partial charge on any atom is -0.379 e. The molecule has 1 N–H and O–H groups in total. The number of benzene rings is 2. The van der Waals surface area contributed by atoms with E-state index in [9.17, 15) is 0 Å². The first-order valence-electron chi connectivity index (χ1n) is 7.63. The highest BCUT2D eigenvalue weighted by molar-refractivity contribution is 5.86. The first-order chi connectivity index (χ1) is 9.84. The van der Waals surface area contributed by atoms with Crippen LogP contribution in [-0.2, 0) is 4.74 Å². The van der Waals surface area contributed by atoms with Gasteiger partial charge in [-0.3, -0.25) is 0 Å². The van der Waals surface area contributed by atoms with Crippen LogP contribution in [-0.4, -0.2) is 25.8 Å². The lowest BCUT2D eigenvalue weighted by molar-refractivity contribution is 0.0731. The molecule has 1 aliphatic heterocycles. The fourth-order valence-corrected chi connectivity index (χ4v) is 3.09. The van der Waals surface area contributed by atoms with Crippen LogP contribution < -0.4 is 5.32 Å². The highest BCUT2D eigenvalue weighted by atomic mass is 16.5. The second-order valence-electron chi connectivity index (χ2n) is 5.77. The van der Waals surface area contributed by atoms with Crippen molar-refractivity contribution in [1.82, 2.24) is 5.32 Å². The molecule has 3 rings (SSSR count). The van der Waals surface area contributed by atoms with Gasteiger partial charge in [-0.05, 0) is 35.1 Å². The summed E-state index contributed by atoms with van der Waals surface area (Å²) in [6.45, 7) is 5.05. The molecule has 1 heterocycles. The summed E-state index contributed by atoms with van der Waals surface area (Å²) in [6, 6.07) is 15.9. The Kier molecular flexibility index (Phi) is 4.34.